The predicted molar refractivity (Wildman–Crippen MR) is 491 cm³/mol. The van der Waals surface area contributed by atoms with Gasteiger partial charge in [-0.25, -0.2) is 0 Å². The summed E-state index contributed by atoms with van der Waals surface area (Å²) in [7, 11) is 3.91. The quantitative estimate of drug-likeness (QED) is 0.0115. The number of carbonyl (C=O) groups is 16. The van der Waals surface area contributed by atoms with Gasteiger partial charge in [-0.2, -0.15) is 5.26 Å². The second kappa shape index (κ2) is 50.7. The molecule has 133 heavy (non-hydrogen) atoms. The fourth-order valence-electron chi connectivity index (χ4n) is 16.3. The van der Waals surface area contributed by atoms with E-state index in [1.807, 2.05) is 19.9 Å². The SMILES string of the molecule is CCCC[C@H]1C(=O)N(C)[C@@H](CCCC)C(=O)N[C@@H](CCCNC(=N)N)C(=O)N[C@H](C(=O)NCC(N)O)CSCC(=O)N[C@@H](Cc2ccc(C#N)cc2)C(=O)N(C)[C@@H](C)C(=O)NC(CC(N)=O)C(=O)N2CCC[C@H]2C(=O)N[C@@H](CN)C(=O)N[C@@H](CC(C)C)C(=O)N2C[C@H](O)CC2C(=O)N[C@@H](Cc2c[nH]c3ccccc23)C(=O)N[C@@H](CO)C(=O)N[C@@H](Cc2c[nH]c3ccccc23)C(=O)N1C. The molecule has 3 aliphatic rings. The number of H-pyrrole nitrogens is 2. The number of aliphatic hydroxyl groups is 3. The third-order valence-corrected chi connectivity index (χ3v) is 24.8. The predicted octanol–water partition coefficient (Wildman–Crippen LogP) is -3.98. The van der Waals surface area contributed by atoms with E-state index in [0.717, 1.165) is 36.3 Å². The van der Waals surface area contributed by atoms with Gasteiger partial charge in [0.05, 0.1) is 43.1 Å². The topological polar surface area (TPSA) is 666 Å². The van der Waals surface area contributed by atoms with Gasteiger partial charge in [0.25, 0.3) is 0 Å². The van der Waals surface area contributed by atoms with Crippen LogP contribution in [-0.2, 0) is 96.0 Å². The number of guanidine groups is 1. The normalized spacial score (nSPS) is 25.2. The van der Waals surface area contributed by atoms with Crippen LogP contribution in [0.1, 0.15) is 140 Å². The lowest BCUT2D eigenvalue weighted by molar-refractivity contribution is -0.149. The minimum atomic E-state index is -1.89. The van der Waals surface area contributed by atoms with E-state index >= 15 is 33.6 Å². The molecular weight excluding hydrogens is 1740 g/mol. The fraction of sp³-hybridized carbons (Fsp3) is 0.551. The average molecular weight is 1870 g/mol. The first-order valence-electron chi connectivity index (χ1n) is 44.7. The van der Waals surface area contributed by atoms with Crippen LogP contribution in [0.15, 0.2) is 85.2 Å². The molecule has 0 aliphatic carbocycles. The van der Waals surface area contributed by atoms with Crippen molar-refractivity contribution in [3.05, 3.63) is 107 Å². The Bertz CT molecular complexity index is 5000. The third-order valence-electron chi connectivity index (χ3n) is 23.8. The van der Waals surface area contributed by atoms with Crippen molar-refractivity contribution >= 4 is 134 Å². The number of carbonyl (C=O) groups excluding carboxylic acids is 16. The number of thioether (sulfide) groups is 1. The van der Waals surface area contributed by atoms with Crippen LogP contribution >= 0.6 is 11.8 Å². The van der Waals surface area contributed by atoms with Crippen molar-refractivity contribution in [2.45, 2.75) is 234 Å². The number of likely N-dealkylation sites (N-methyl/N-ethyl adjacent to an activating group) is 3. The molecule has 16 amide bonds. The number of hydrogen-bond donors (Lipinski definition) is 21. The summed E-state index contributed by atoms with van der Waals surface area (Å²) in [5, 5.41) is 80.3. The van der Waals surface area contributed by atoms with Crippen molar-refractivity contribution in [2.75, 3.05) is 72.0 Å². The number of benzene rings is 3. The van der Waals surface area contributed by atoms with Crippen molar-refractivity contribution in [3.63, 3.8) is 0 Å². The van der Waals surface area contributed by atoms with Crippen LogP contribution in [0, 0.1) is 22.7 Å². The molecule has 0 radical (unpaired) electrons. The van der Waals surface area contributed by atoms with E-state index in [2.05, 4.69) is 68.5 Å². The van der Waals surface area contributed by atoms with E-state index in [-0.39, 0.29) is 88.8 Å². The van der Waals surface area contributed by atoms with Gasteiger partial charge in [0.1, 0.15) is 90.8 Å². The number of amides is 16. The lowest BCUT2D eigenvalue weighted by Crippen LogP contribution is -2.62. The maximum Gasteiger partial charge on any atom is 0.246 e. The van der Waals surface area contributed by atoms with Gasteiger partial charge in [0.15, 0.2) is 5.96 Å². The Morgan fingerprint density at radius 2 is 1.11 bits per heavy atom. The van der Waals surface area contributed by atoms with E-state index in [4.69, 9.17) is 28.3 Å². The van der Waals surface area contributed by atoms with Crippen LogP contribution in [0.2, 0.25) is 0 Å². The molecule has 3 unspecified atom stereocenters. The Labute approximate surface area is 774 Å². The minimum absolute atomic E-state index is 0.00645. The monoisotopic (exact) mass is 1870 g/mol. The van der Waals surface area contributed by atoms with Crippen molar-refractivity contribution in [1.29, 1.82) is 10.7 Å². The average Bonchev–Trinajstić information content (AvgIpc) is 1.78. The van der Waals surface area contributed by atoms with E-state index in [9.17, 15) is 63.7 Å². The molecule has 3 aliphatic heterocycles. The number of aliphatic hydroxyl groups excluding tert-OH is 3. The molecule has 724 valence electrons. The Balaban J connectivity index is 1.19. The number of primary amides is 1. The van der Waals surface area contributed by atoms with E-state index < -0.39 is 248 Å². The van der Waals surface area contributed by atoms with Crippen LogP contribution in [0.3, 0.4) is 0 Å². The molecule has 43 nitrogen and oxygen atoms in total. The van der Waals surface area contributed by atoms with Gasteiger partial charge in [0, 0.05) is 113 Å². The number of aromatic nitrogens is 2. The van der Waals surface area contributed by atoms with E-state index in [1.54, 1.807) is 74.8 Å². The largest absolute Gasteiger partial charge is 0.394 e. The number of rotatable bonds is 25. The number of unbranched alkanes of at least 4 members (excludes halogenated alkanes) is 2. The zero-order valence-electron chi connectivity index (χ0n) is 76.1. The molecule has 0 spiro atoms. The third kappa shape index (κ3) is 29.6. The first kappa shape index (κ1) is 106. The second-order valence-corrected chi connectivity index (χ2v) is 35.2. The number of para-hydroxylation sites is 2. The van der Waals surface area contributed by atoms with Crippen molar-refractivity contribution in [1.82, 2.24) is 93.0 Å². The number of hydrogen-bond acceptors (Lipinski definition) is 24. The lowest BCUT2D eigenvalue weighted by Gasteiger charge is -2.36. The van der Waals surface area contributed by atoms with Gasteiger partial charge in [-0.15, -0.1) is 11.8 Å². The molecule has 0 saturated carbocycles. The molecule has 5 aromatic rings. The summed E-state index contributed by atoms with van der Waals surface area (Å²) in [5.41, 5.74) is 26.1. The molecule has 5 heterocycles. The highest BCUT2D eigenvalue weighted by Crippen LogP contribution is 2.28. The Hall–Kier alpha value is -12.8. The van der Waals surface area contributed by atoms with E-state index in [1.165, 1.54) is 52.3 Å². The van der Waals surface area contributed by atoms with Gasteiger partial charge >= 0.3 is 0 Å². The molecule has 25 N–H and O–H groups in total. The van der Waals surface area contributed by atoms with Crippen molar-refractivity contribution < 1.29 is 92.0 Å². The highest BCUT2D eigenvalue weighted by molar-refractivity contribution is 8.00. The number of nitrogens with zero attached hydrogens (tertiary/aromatic N) is 6. The summed E-state index contributed by atoms with van der Waals surface area (Å²) in [6, 6.07) is 0.218. The molecule has 3 fully saturated rings. The van der Waals surface area contributed by atoms with Crippen LogP contribution < -0.4 is 81.4 Å². The molecular formula is C89H128N24O19S. The molecule has 16 atom stereocenters. The molecule has 44 heteroatoms. The highest BCUT2D eigenvalue weighted by atomic mass is 32.2. The zero-order chi connectivity index (χ0) is 97.6. The number of fused-ring (bicyclic) bond motifs is 4. The summed E-state index contributed by atoms with van der Waals surface area (Å²) in [6.07, 6.45) is -0.252. The summed E-state index contributed by atoms with van der Waals surface area (Å²) >= 11 is 0.781. The van der Waals surface area contributed by atoms with Crippen molar-refractivity contribution in [2.24, 2.45) is 28.9 Å². The van der Waals surface area contributed by atoms with Gasteiger partial charge in [-0.1, -0.05) is 102 Å². The summed E-state index contributed by atoms with van der Waals surface area (Å²) in [6.45, 7) is 5.60. The number of nitrogens with two attached hydrogens (primary N) is 4. The number of aromatic amines is 2. The Kier molecular flexibility index (Phi) is 40.2. The molecule has 3 aromatic carbocycles. The van der Waals surface area contributed by atoms with Gasteiger partial charge in [-0.05, 0) is 98.7 Å². The number of nitrogens with one attached hydrogen (secondary N) is 14. The standard InChI is InChI=1S/C89H128N24O19S/c1-9-11-24-68-81(125)101-59(23-17-31-96-89(94)95)77(121)108-67(76(120)99-43-73(93)117)46-133-47-74(118)100-62(34-50-27-29-51(39-90)30-28-50)84(128)109(6)49(5)75(119)103-64(38-72(92)116)86(130)112-32-18-26-69(112)82(126)106-65(40-91)79(123)104-61(33-48(3)4)87(131)113-44-54(115)37-71(113)83(127)102-60(35-52-41-97-57-21-15-13-19-55(52)57)78(122)107-66(45-114)80(124)105-63(36-53-42-98-58-22-16-14-20-56(53)58)85(129)111(8)70(25-12-10-2)88(132)110(68)7/h13-16,19-22,27-30,41-42,48-49,54,59-71,73,97-98,114-115,117H,9-12,17-18,23-26,31-38,40,43-47,91,93H2,1-8H3,(H2,92,116)(H,99,120)(H,100,118)(H,101,125)(H,102,127)(H,103,119)(H,104,123)(H,105,124)(H,106,126)(H,107,122)(H,108,121)(H4,94,95,96)/t49-,54+,59-,60-,61-,62-,63-,64?,65-,66-,67-,68-,69-,70-,71?,73?/m0/s1. The van der Waals surface area contributed by atoms with Crippen molar-refractivity contribution in [3.8, 4) is 6.07 Å². The first-order valence-corrected chi connectivity index (χ1v) is 45.8. The maximum atomic E-state index is 15.7. The van der Waals surface area contributed by atoms with Crippen LogP contribution in [-0.4, -0.2) is 319 Å². The molecule has 8 rings (SSSR count). The van der Waals surface area contributed by atoms with Gasteiger partial charge < -0.3 is 131 Å². The summed E-state index contributed by atoms with van der Waals surface area (Å²) < 4.78 is 0. The lowest BCUT2D eigenvalue weighted by atomic mass is 10.00. The summed E-state index contributed by atoms with van der Waals surface area (Å²) in [4.78, 5) is 248. The zero-order valence-corrected chi connectivity index (χ0v) is 77.0. The summed E-state index contributed by atoms with van der Waals surface area (Å²) in [5.74, 6) is -16.8. The van der Waals surface area contributed by atoms with Gasteiger partial charge in [-0.3, -0.25) is 82.1 Å². The minimum Gasteiger partial charge on any atom is -0.394 e. The smallest absolute Gasteiger partial charge is 0.246 e. The molecule has 0 bridgehead atoms. The van der Waals surface area contributed by atoms with Crippen LogP contribution in [0.5, 0.6) is 0 Å². The van der Waals surface area contributed by atoms with Crippen LogP contribution in [0.25, 0.3) is 21.8 Å². The molecule has 2 aromatic heterocycles. The Morgan fingerprint density at radius 1 is 0.586 bits per heavy atom. The fourth-order valence-corrected chi connectivity index (χ4v) is 17.2. The Morgan fingerprint density at radius 3 is 1.71 bits per heavy atom. The maximum absolute atomic E-state index is 15.7. The first-order chi connectivity index (χ1) is 63.3. The second-order valence-electron chi connectivity index (χ2n) is 34.2. The number of nitriles is 1. The highest BCUT2D eigenvalue weighted by Gasteiger charge is 2.47. The molecule has 3 saturated heterocycles. The van der Waals surface area contributed by atoms with E-state index in [0.29, 0.717) is 64.2 Å². The van der Waals surface area contributed by atoms with Gasteiger partial charge in [0.2, 0.25) is 94.5 Å². The van der Waals surface area contributed by atoms with Crippen LogP contribution in [0.4, 0.5) is 0 Å².